The van der Waals surface area contributed by atoms with E-state index in [1.165, 1.54) is 4.90 Å². The Kier molecular flexibility index (Phi) is 5.77. The predicted molar refractivity (Wildman–Crippen MR) is 75.2 cm³/mol. The van der Waals surface area contributed by atoms with Crippen molar-refractivity contribution in [3.05, 3.63) is 29.8 Å². The van der Waals surface area contributed by atoms with Gasteiger partial charge in [-0.25, -0.2) is 0 Å². The van der Waals surface area contributed by atoms with Crippen LogP contribution in [0.3, 0.4) is 0 Å². The van der Waals surface area contributed by atoms with Crippen molar-refractivity contribution in [1.82, 2.24) is 0 Å². The summed E-state index contributed by atoms with van der Waals surface area (Å²) in [5.74, 6) is 0.284. The largest absolute Gasteiger partial charge is 0.376 e. The molecule has 0 saturated heterocycles. The van der Waals surface area contributed by atoms with Crippen LogP contribution in [0.1, 0.15) is 5.56 Å². The van der Waals surface area contributed by atoms with Crippen LogP contribution in [-0.2, 0) is 0 Å². The molecule has 0 spiro atoms. The van der Waals surface area contributed by atoms with E-state index in [9.17, 15) is 0 Å². The molecule has 4 nitrogen and oxygen atoms in total. The molecule has 1 aromatic carbocycles. The van der Waals surface area contributed by atoms with Crippen molar-refractivity contribution >= 4 is 41.4 Å². The van der Waals surface area contributed by atoms with Gasteiger partial charge in [0.25, 0.3) is 0 Å². The molecule has 0 radical (unpaired) electrons. The van der Waals surface area contributed by atoms with Crippen LogP contribution < -0.4 is 16.4 Å². The van der Waals surface area contributed by atoms with Gasteiger partial charge in [0.15, 0.2) is 5.11 Å². The number of benzene rings is 1. The molecule has 1 rings (SSSR count). The summed E-state index contributed by atoms with van der Waals surface area (Å²) in [5, 5.41) is 0.182. The maximum absolute atomic E-state index is 5.70. The van der Waals surface area contributed by atoms with E-state index in [0.29, 0.717) is 0 Å². The number of nitrogens with two attached hydrogens (primary N) is 2. The summed E-state index contributed by atoms with van der Waals surface area (Å²) in [6.45, 7) is 2.01. The number of aliphatic imine (C=N–C) groups is 1. The minimum Gasteiger partial charge on any atom is -0.376 e. The fraction of sp³-hybridized carbons (Fsp3) is 0.200. The summed E-state index contributed by atoms with van der Waals surface area (Å²) < 4.78 is 0. The minimum atomic E-state index is 0. The Balaban J connectivity index is 0.00000225. The molecule has 0 atom stereocenters. The second-order valence-electron chi connectivity index (χ2n) is 3.09. The first kappa shape index (κ1) is 14.7. The number of hydrogen-bond acceptors (Lipinski definition) is 2. The molecule has 6 heteroatoms. The van der Waals surface area contributed by atoms with E-state index in [4.69, 9.17) is 23.7 Å². The number of thiocarbonyl (C=S) groups is 1. The fourth-order valence-corrected chi connectivity index (χ4v) is 1.37. The predicted octanol–water partition coefficient (Wildman–Crippen LogP) is 1.41. The lowest BCUT2D eigenvalue weighted by Crippen LogP contribution is -2.45. The molecule has 0 fully saturated rings. The first-order valence-electron chi connectivity index (χ1n) is 4.44. The van der Waals surface area contributed by atoms with E-state index >= 15 is 0 Å². The first-order valence-corrected chi connectivity index (χ1v) is 4.85. The summed E-state index contributed by atoms with van der Waals surface area (Å²) in [5.41, 5.74) is 13.3. The maximum atomic E-state index is 5.70. The van der Waals surface area contributed by atoms with Gasteiger partial charge in [-0.3, -0.25) is 9.89 Å². The van der Waals surface area contributed by atoms with Gasteiger partial charge in [0.2, 0.25) is 5.96 Å². The summed E-state index contributed by atoms with van der Waals surface area (Å²) in [4.78, 5) is 5.38. The summed E-state index contributed by atoms with van der Waals surface area (Å²) in [6, 6.07) is 7.71. The molecule has 0 aromatic heterocycles. The van der Waals surface area contributed by atoms with Crippen LogP contribution in [0.2, 0.25) is 0 Å². The fourth-order valence-electron chi connectivity index (χ4n) is 1.17. The molecule has 0 aliphatic carbocycles. The Morgan fingerprint density at radius 3 is 2.12 bits per heavy atom. The van der Waals surface area contributed by atoms with E-state index in [1.807, 2.05) is 31.2 Å². The molecular weight excluding hydrogens is 244 g/mol. The molecule has 16 heavy (non-hydrogen) atoms. The monoisotopic (exact) mass is 258 g/mol. The molecule has 4 N–H and O–H groups in total. The molecular formula is C10H15ClN4S. The van der Waals surface area contributed by atoms with Gasteiger partial charge < -0.3 is 11.5 Å². The van der Waals surface area contributed by atoms with Crippen LogP contribution in [0.4, 0.5) is 5.69 Å². The molecule has 0 amide bonds. The smallest absolute Gasteiger partial charge is 0.202 e. The highest BCUT2D eigenvalue weighted by molar-refractivity contribution is 7.80. The number of rotatable bonds is 1. The van der Waals surface area contributed by atoms with Gasteiger partial charge in [0, 0.05) is 7.05 Å². The third-order valence-corrected chi connectivity index (χ3v) is 2.15. The lowest BCUT2D eigenvalue weighted by Gasteiger charge is -2.21. The van der Waals surface area contributed by atoms with Crippen molar-refractivity contribution < 1.29 is 0 Å². The number of hydrogen-bond donors (Lipinski definition) is 2. The van der Waals surface area contributed by atoms with Crippen LogP contribution >= 0.6 is 24.6 Å². The number of halogens is 1. The van der Waals surface area contributed by atoms with Crippen molar-refractivity contribution in [2.75, 3.05) is 11.9 Å². The highest BCUT2D eigenvalue weighted by atomic mass is 35.5. The Labute approximate surface area is 107 Å². The van der Waals surface area contributed by atoms with Gasteiger partial charge >= 0.3 is 0 Å². The van der Waals surface area contributed by atoms with Crippen LogP contribution in [0, 0.1) is 6.92 Å². The van der Waals surface area contributed by atoms with Crippen molar-refractivity contribution in [2.45, 2.75) is 6.92 Å². The molecule has 0 saturated carbocycles. The molecule has 0 aliphatic rings. The van der Waals surface area contributed by atoms with Crippen LogP contribution in [-0.4, -0.2) is 18.1 Å². The maximum Gasteiger partial charge on any atom is 0.202 e. The normalized spacial score (nSPS) is 10.5. The van der Waals surface area contributed by atoms with Crippen molar-refractivity contribution in [3.8, 4) is 0 Å². The topological polar surface area (TPSA) is 67.6 Å². The van der Waals surface area contributed by atoms with Crippen molar-refractivity contribution in [1.29, 1.82) is 0 Å². The zero-order valence-electron chi connectivity index (χ0n) is 9.18. The van der Waals surface area contributed by atoms with E-state index in [1.54, 1.807) is 7.05 Å². The van der Waals surface area contributed by atoms with Gasteiger partial charge in [0.05, 0.1) is 5.69 Å². The lowest BCUT2D eigenvalue weighted by molar-refractivity contribution is 1.29. The number of guanidine groups is 1. The SMILES string of the molecule is CN=C(N)N(C(N)=S)c1ccc(C)cc1.Cl. The Bertz CT molecular complexity index is 388. The van der Waals surface area contributed by atoms with E-state index in [-0.39, 0.29) is 23.5 Å². The Morgan fingerprint density at radius 2 is 1.75 bits per heavy atom. The third kappa shape index (κ3) is 3.36. The number of nitrogens with zero attached hydrogens (tertiary/aromatic N) is 2. The van der Waals surface area contributed by atoms with Gasteiger partial charge in [-0.1, -0.05) is 17.7 Å². The van der Waals surface area contributed by atoms with E-state index in [2.05, 4.69) is 4.99 Å². The lowest BCUT2D eigenvalue weighted by atomic mass is 10.2. The van der Waals surface area contributed by atoms with Gasteiger partial charge in [-0.2, -0.15) is 0 Å². The second kappa shape index (κ2) is 6.30. The molecule has 0 aliphatic heterocycles. The highest BCUT2D eigenvalue weighted by Crippen LogP contribution is 2.14. The molecule has 88 valence electrons. The highest BCUT2D eigenvalue weighted by Gasteiger charge is 2.12. The quantitative estimate of drug-likeness (QED) is 0.454. The Hall–Kier alpha value is -1.33. The van der Waals surface area contributed by atoms with Crippen LogP contribution in [0.25, 0.3) is 0 Å². The number of aryl methyl sites for hydroxylation is 1. The standard InChI is InChI=1S/C10H14N4S.ClH/c1-7-3-5-8(6-4-7)14(10(12)15)9(11)13-2;/h3-6H,1-2H3,(H2,11,13)(H2,12,15);1H. The molecule has 1 aromatic rings. The van der Waals surface area contributed by atoms with Crippen LogP contribution in [0.15, 0.2) is 29.3 Å². The van der Waals surface area contributed by atoms with Crippen molar-refractivity contribution in [3.63, 3.8) is 0 Å². The summed E-state index contributed by atoms with van der Waals surface area (Å²) in [7, 11) is 1.59. The second-order valence-corrected chi connectivity index (χ2v) is 3.51. The third-order valence-electron chi connectivity index (χ3n) is 1.97. The zero-order chi connectivity index (χ0) is 11.4. The summed E-state index contributed by atoms with van der Waals surface area (Å²) >= 11 is 4.92. The zero-order valence-corrected chi connectivity index (χ0v) is 10.8. The van der Waals surface area contributed by atoms with E-state index in [0.717, 1.165) is 11.3 Å². The first-order chi connectivity index (χ1) is 7.06. The molecule has 0 unspecified atom stereocenters. The van der Waals surface area contributed by atoms with Crippen LogP contribution in [0.5, 0.6) is 0 Å². The average molecular weight is 259 g/mol. The van der Waals surface area contributed by atoms with Gasteiger partial charge in [-0.15, -0.1) is 12.4 Å². The van der Waals surface area contributed by atoms with Gasteiger partial charge in [0.1, 0.15) is 0 Å². The molecule has 0 heterocycles. The minimum absolute atomic E-state index is 0. The number of anilines is 1. The summed E-state index contributed by atoms with van der Waals surface area (Å²) in [6.07, 6.45) is 0. The Morgan fingerprint density at radius 1 is 1.25 bits per heavy atom. The van der Waals surface area contributed by atoms with Crippen molar-refractivity contribution in [2.24, 2.45) is 16.5 Å². The molecule has 0 bridgehead atoms. The van der Waals surface area contributed by atoms with Gasteiger partial charge in [-0.05, 0) is 31.3 Å². The van der Waals surface area contributed by atoms with E-state index < -0.39 is 0 Å². The average Bonchev–Trinajstić information content (AvgIpc) is 2.20.